The zero-order valence-electron chi connectivity index (χ0n) is 12.8. The smallest absolute Gasteiger partial charge is 0.101 e. The van der Waals surface area contributed by atoms with Gasteiger partial charge in [-0.05, 0) is 69.9 Å². The molecule has 0 radical (unpaired) electrons. The number of rotatable bonds is 1. The predicted octanol–water partition coefficient (Wildman–Crippen LogP) is 2.33. The quantitative estimate of drug-likeness (QED) is 0.776. The van der Waals surface area contributed by atoms with Crippen LogP contribution in [0.25, 0.3) is 0 Å². The van der Waals surface area contributed by atoms with Crippen LogP contribution in [0.15, 0.2) is 23.2 Å². The van der Waals surface area contributed by atoms with Gasteiger partial charge in [0.1, 0.15) is 5.83 Å². The summed E-state index contributed by atoms with van der Waals surface area (Å²) in [6.07, 6.45) is 8.25. The largest absolute Gasteiger partial charge is 0.387 e. The fourth-order valence-electron chi connectivity index (χ4n) is 4.66. The Bertz CT molecular complexity index is 468. The maximum atomic E-state index is 13.7. The van der Waals surface area contributed by atoms with Crippen LogP contribution < -0.4 is 10.6 Å². The molecule has 116 valence electrons. The van der Waals surface area contributed by atoms with E-state index in [4.69, 9.17) is 0 Å². The molecule has 3 aliphatic heterocycles. The molecule has 3 nitrogen and oxygen atoms in total. The van der Waals surface area contributed by atoms with Gasteiger partial charge in [0.05, 0.1) is 0 Å². The summed E-state index contributed by atoms with van der Waals surface area (Å²) in [5, 5.41) is 7.02. The summed E-state index contributed by atoms with van der Waals surface area (Å²) in [6, 6.07) is 0.769. The number of nitrogens with zero attached hydrogens (tertiary/aromatic N) is 1. The topological polar surface area (TPSA) is 27.3 Å². The van der Waals surface area contributed by atoms with Crippen molar-refractivity contribution in [3.05, 3.63) is 23.2 Å². The molecule has 0 saturated carbocycles. The average molecular weight is 291 g/mol. The molecular weight excluding hydrogens is 265 g/mol. The van der Waals surface area contributed by atoms with Crippen LogP contribution in [-0.4, -0.2) is 43.7 Å². The van der Waals surface area contributed by atoms with Gasteiger partial charge in [-0.15, -0.1) is 0 Å². The Morgan fingerprint density at radius 1 is 1.14 bits per heavy atom. The second kappa shape index (κ2) is 5.40. The first-order valence-electron chi connectivity index (χ1n) is 8.55. The molecule has 1 spiro atoms. The van der Waals surface area contributed by atoms with E-state index in [1.165, 1.54) is 50.0 Å². The fraction of sp³-hybridized carbons (Fsp3) is 0.765. The summed E-state index contributed by atoms with van der Waals surface area (Å²) in [5.41, 5.74) is 2.85. The van der Waals surface area contributed by atoms with Crippen LogP contribution in [0.2, 0.25) is 0 Å². The van der Waals surface area contributed by atoms with Crippen LogP contribution in [-0.2, 0) is 0 Å². The minimum Gasteiger partial charge on any atom is -0.387 e. The summed E-state index contributed by atoms with van der Waals surface area (Å²) in [6.45, 7) is 5.72. The molecule has 4 heteroatoms. The lowest BCUT2D eigenvalue weighted by Crippen LogP contribution is -2.49. The first-order chi connectivity index (χ1) is 10.3. The number of nitrogens with one attached hydrogen (secondary N) is 2. The molecule has 2 saturated heterocycles. The Morgan fingerprint density at radius 3 is 2.67 bits per heavy atom. The molecule has 2 N–H and O–H groups in total. The highest BCUT2D eigenvalue weighted by Gasteiger charge is 2.44. The number of fused-ring (bicyclic) bond motifs is 1. The molecule has 3 heterocycles. The van der Waals surface area contributed by atoms with E-state index in [0.717, 1.165) is 32.1 Å². The number of halogens is 1. The maximum absolute atomic E-state index is 13.7. The van der Waals surface area contributed by atoms with E-state index in [-0.39, 0.29) is 11.2 Å². The Morgan fingerprint density at radius 2 is 1.90 bits per heavy atom. The van der Waals surface area contributed by atoms with Crippen LogP contribution in [0.1, 0.15) is 38.5 Å². The van der Waals surface area contributed by atoms with Gasteiger partial charge in [-0.25, -0.2) is 4.39 Å². The van der Waals surface area contributed by atoms with E-state index >= 15 is 0 Å². The van der Waals surface area contributed by atoms with Gasteiger partial charge in [0.25, 0.3) is 0 Å². The van der Waals surface area contributed by atoms with Gasteiger partial charge < -0.3 is 15.5 Å². The van der Waals surface area contributed by atoms with E-state index in [1.807, 2.05) is 6.08 Å². The van der Waals surface area contributed by atoms with Gasteiger partial charge in [0.2, 0.25) is 0 Å². The van der Waals surface area contributed by atoms with Gasteiger partial charge in [0, 0.05) is 30.1 Å². The Balaban J connectivity index is 1.46. The van der Waals surface area contributed by atoms with Crippen molar-refractivity contribution in [2.75, 3.05) is 32.7 Å². The van der Waals surface area contributed by atoms with Gasteiger partial charge in [0.15, 0.2) is 0 Å². The zero-order chi connectivity index (χ0) is 14.3. The molecule has 0 amide bonds. The predicted molar refractivity (Wildman–Crippen MR) is 82.6 cm³/mol. The molecule has 4 aliphatic rings. The van der Waals surface area contributed by atoms with E-state index < -0.39 is 0 Å². The summed E-state index contributed by atoms with van der Waals surface area (Å²) in [4.78, 5) is 2.69. The average Bonchev–Trinajstić information content (AvgIpc) is 2.87. The number of piperidine rings is 2. The third-order valence-electron chi connectivity index (χ3n) is 6.03. The summed E-state index contributed by atoms with van der Waals surface area (Å²) < 4.78 is 13.7. The van der Waals surface area contributed by atoms with Crippen LogP contribution in [0.4, 0.5) is 4.39 Å². The second-order valence-electron chi connectivity index (χ2n) is 7.13. The highest BCUT2D eigenvalue weighted by atomic mass is 19.1. The lowest BCUT2D eigenvalue weighted by atomic mass is 9.72. The zero-order valence-corrected chi connectivity index (χ0v) is 12.8. The third-order valence-corrected chi connectivity index (χ3v) is 6.03. The van der Waals surface area contributed by atoms with E-state index in [9.17, 15) is 4.39 Å². The lowest BCUT2D eigenvalue weighted by Gasteiger charge is -2.44. The second-order valence-corrected chi connectivity index (χ2v) is 7.13. The Kier molecular flexibility index (Phi) is 3.54. The van der Waals surface area contributed by atoms with Gasteiger partial charge in [-0.3, -0.25) is 0 Å². The number of hydrogen-bond donors (Lipinski definition) is 2. The number of allylic oxidation sites excluding steroid dienone is 3. The van der Waals surface area contributed by atoms with Crippen LogP contribution in [0.5, 0.6) is 0 Å². The van der Waals surface area contributed by atoms with Gasteiger partial charge >= 0.3 is 0 Å². The van der Waals surface area contributed by atoms with Crippen LogP contribution in [0.3, 0.4) is 0 Å². The summed E-state index contributed by atoms with van der Waals surface area (Å²) in [5.74, 6) is 0.0811. The molecule has 0 aromatic heterocycles. The standard InChI is InChI=1S/C17H26FN3/c18-13-1-2-16-15(11-13)17(12-20-16)5-9-21(10-6-17)14-3-7-19-8-4-14/h11,14,19-20H,1-10,12H2. The molecule has 2 fully saturated rings. The molecule has 0 atom stereocenters. The maximum Gasteiger partial charge on any atom is 0.101 e. The molecule has 4 rings (SSSR count). The number of hydrogen-bond acceptors (Lipinski definition) is 3. The molecule has 21 heavy (non-hydrogen) atoms. The van der Waals surface area contributed by atoms with E-state index in [2.05, 4.69) is 15.5 Å². The van der Waals surface area contributed by atoms with Crippen molar-refractivity contribution in [2.24, 2.45) is 5.41 Å². The molecule has 0 aromatic carbocycles. The Labute approximate surface area is 126 Å². The van der Waals surface area contributed by atoms with Crippen molar-refractivity contribution in [2.45, 2.75) is 44.6 Å². The van der Waals surface area contributed by atoms with Gasteiger partial charge in [-0.1, -0.05) is 0 Å². The van der Waals surface area contributed by atoms with Crippen LogP contribution >= 0.6 is 0 Å². The Hall–Kier alpha value is -0.870. The third kappa shape index (κ3) is 2.42. The van der Waals surface area contributed by atoms with Crippen molar-refractivity contribution in [3.63, 3.8) is 0 Å². The highest BCUT2D eigenvalue weighted by molar-refractivity contribution is 5.41. The van der Waals surface area contributed by atoms with Gasteiger partial charge in [-0.2, -0.15) is 0 Å². The fourth-order valence-corrected chi connectivity index (χ4v) is 4.66. The lowest BCUT2D eigenvalue weighted by molar-refractivity contribution is 0.0852. The molecule has 0 bridgehead atoms. The van der Waals surface area contributed by atoms with Crippen molar-refractivity contribution in [1.82, 2.24) is 15.5 Å². The first-order valence-corrected chi connectivity index (χ1v) is 8.55. The SMILES string of the molecule is FC1=CC2=C(CC1)NCC21CCN(C2CCNCC2)CC1. The normalized spacial score (nSPS) is 30.2. The van der Waals surface area contributed by atoms with Crippen molar-refractivity contribution < 1.29 is 4.39 Å². The van der Waals surface area contributed by atoms with E-state index in [0.29, 0.717) is 6.42 Å². The van der Waals surface area contributed by atoms with Crippen molar-refractivity contribution in [3.8, 4) is 0 Å². The number of likely N-dealkylation sites (tertiary alicyclic amines) is 1. The monoisotopic (exact) mass is 291 g/mol. The summed E-state index contributed by atoms with van der Waals surface area (Å²) in [7, 11) is 0. The minimum atomic E-state index is 0.0811. The van der Waals surface area contributed by atoms with Crippen molar-refractivity contribution >= 4 is 0 Å². The molecule has 0 aromatic rings. The highest BCUT2D eigenvalue weighted by Crippen LogP contribution is 2.47. The van der Waals surface area contributed by atoms with Crippen molar-refractivity contribution in [1.29, 1.82) is 0 Å². The van der Waals surface area contributed by atoms with E-state index in [1.54, 1.807) is 0 Å². The molecular formula is C17H26FN3. The molecule has 0 unspecified atom stereocenters. The first kappa shape index (κ1) is 13.8. The summed E-state index contributed by atoms with van der Waals surface area (Å²) >= 11 is 0. The van der Waals surface area contributed by atoms with Crippen LogP contribution in [0, 0.1) is 5.41 Å². The molecule has 1 aliphatic carbocycles. The minimum absolute atomic E-state index is 0.0811.